The molecule has 0 atom stereocenters. The minimum Gasteiger partial charge on any atom is -0.507 e. The van der Waals surface area contributed by atoms with E-state index in [1.807, 2.05) is 0 Å². The number of rotatable bonds is 5. The summed E-state index contributed by atoms with van der Waals surface area (Å²) in [6.07, 6.45) is 1.36. The van der Waals surface area contributed by atoms with E-state index in [2.05, 4.69) is 10.5 Å². The molecule has 0 radical (unpaired) electrons. The van der Waals surface area contributed by atoms with E-state index in [1.165, 1.54) is 36.5 Å². The molecule has 10 heteroatoms. The lowest BCUT2D eigenvalue weighted by molar-refractivity contribution is -0.384. The number of hydrazone groups is 1. The van der Waals surface area contributed by atoms with Crippen molar-refractivity contribution in [3.63, 3.8) is 0 Å². The third-order valence-corrected chi connectivity index (χ3v) is 4.27. The van der Waals surface area contributed by atoms with E-state index < -0.39 is 4.92 Å². The van der Waals surface area contributed by atoms with E-state index in [-0.39, 0.29) is 22.8 Å². The molecule has 0 amide bonds. The highest BCUT2D eigenvalue weighted by Crippen LogP contribution is 2.34. The molecule has 0 saturated heterocycles. The number of hydrogen-bond donors (Lipinski definition) is 2. The fourth-order valence-corrected chi connectivity index (χ4v) is 3.11. The Labute approximate surface area is 167 Å². The molecule has 3 aromatic rings. The monoisotopic (exact) mass is 425 g/mol. The van der Waals surface area contributed by atoms with Crippen molar-refractivity contribution in [3.05, 3.63) is 73.4 Å². The first-order valence-corrected chi connectivity index (χ1v) is 8.50. The van der Waals surface area contributed by atoms with Crippen LogP contribution in [0.4, 0.5) is 11.4 Å². The molecule has 1 heterocycles. The summed E-state index contributed by atoms with van der Waals surface area (Å²) >= 11 is 17.9. The van der Waals surface area contributed by atoms with Crippen molar-refractivity contribution in [2.24, 2.45) is 5.10 Å². The molecule has 27 heavy (non-hydrogen) atoms. The molecule has 3 rings (SSSR count). The summed E-state index contributed by atoms with van der Waals surface area (Å²) < 4.78 is 5.54. The Morgan fingerprint density at radius 1 is 1.11 bits per heavy atom. The van der Waals surface area contributed by atoms with Crippen LogP contribution in [0.2, 0.25) is 15.1 Å². The molecule has 138 valence electrons. The maximum Gasteiger partial charge on any atom is 0.270 e. The van der Waals surface area contributed by atoms with Crippen molar-refractivity contribution in [2.75, 3.05) is 5.43 Å². The Balaban J connectivity index is 1.80. The van der Waals surface area contributed by atoms with Crippen LogP contribution in [0, 0.1) is 10.1 Å². The number of nitro benzene ring substituents is 1. The molecular weight excluding hydrogens is 417 g/mol. The highest BCUT2D eigenvalue weighted by Gasteiger charge is 2.14. The standard InChI is InChI=1S/C17H10Cl3N3O4/c18-9-5-13(19)17(14(20)6-9)22-21-8-11-2-4-16(27-11)12-7-10(23(25)26)1-3-15(12)24/h1-8,22,24H. The number of phenols is 1. The van der Waals surface area contributed by atoms with Crippen molar-refractivity contribution < 1.29 is 14.4 Å². The number of nitrogens with zero attached hydrogens (tertiary/aromatic N) is 2. The van der Waals surface area contributed by atoms with Crippen LogP contribution in [0.15, 0.2) is 52.0 Å². The number of furan rings is 1. The van der Waals surface area contributed by atoms with Gasteiger partial charge in [0.25, 0.3) is 5.69 Å². The number of anilines is 1. The molecule has 2 aromatic carbocycles. The van der Waals surface area contributed by atoms with Crippen LogP contribution in [0.3, 0.4) is 0 Å². The largest absolute Gasteiger partial charge is 0.507 e. The molecule has 0 spiro atoms. The molecule has 0 bridgehead atoms. The van der Waals surface area contributed by atoms with E-state index in [1.54, 1.807) is 12.1 Å². The first kappa shape index (κ1) is 19.0. The highest BCUT2D eigenvalue weighted by atomic mass is 35.5. The second-order valence-electron chi connectivity index (χ2n) is 5.28. The highest BCUT2D eigenvalue weighted by molar-refractivity contribution is 6.41. The van der Waals surface area contributed by atoms with E-state index >= 15 is 0 Å². The normalized spacial score (nSPS) is 11.1. The minimum atomic E-state index is -0.558. The maximum absolute atomic E-state index is 10.9. The lowest BCUT2D eigenvalue weighted by Gasteiger charge is -2.06. The van der Waals surface area contributed by atoms with E-state index in [0.717, 1.165) is 0 Å². The average molecular weight is 427 g/mol. The van der Waals surface area contributed by atoms with Gasteiger partial charge in [-0.25, -0.2) is 0 Å². The Morgan fingerprint density at radius 2 is 1.81 bits per heavy atom. The van der Waals surface area contributed by atoms with Gasteiger partial charge in [0.1, 0.15) is 17.3 Å². The molecule has 2 N–H and O–H groups in total. The minimum absolute atomic E-state index is 0.142. The number of nitrogens with one attached hydrogen (secondary N) is 1. The van der Waals surface area contributed by atoms with Crippen molar-refractivity contribution in [1.29, 1.82) is 0 Å². The number of hydrogen-bond acceptors (Lipinski definition) is 6. The summed E-state index contributed by atoms with van der Waals surface area (Å²) in [6.45, 7) is 0. The summed E-state index contributed by atoms with van der Waals surface area (Å²) in [4.78, 5) is 10.3. The lowest BCUT2D eigenvalue weighted by Crippen LogP contribution is -1.92. The van der Waals surface area contributed by atoms with Crippen LogP contribution < -0.4 is 5.43 Å². The van der Waals surface area contributed by atoms with Crippen LogP contribution in [-0.4, -0.2) is 16.2 Å². The first-order chi connectivity index (χ1) is 12.8. The Kier molecular flexibility index (Phi) is 5.55. The van der Waals surface area contributed by atoms with Crippen LogP contribution in [0.25, 0.3) is 11.3 Å². The van der Waals surface area contributed by atoms with Gasteiger partial charge in [-0.3, -0.25) is 15.5 Å². The molecular formula is C17H10Cl3N3O4. The number of nitro groups is 1. The Morgan fingerprint density at radius 3 is 2.48 bits per heavy atom. The SMILES string of the molecule is O=[N+]([O-])c1ccc(O)c(-c2ccc(C=NNc3c(Cl)cc(Cl)cc3Cl)o2)c1. The van der Waals surface area contributed by atoms with Crippen molar-refractivity contribution in [3.8, 4) is 17.1 Å². The molecule has 0 unspecified atom stereocenters. The fraction of sp³-hybridized carbons (Fsp3) is 0. The van der Waals surface area contributed by atoms with Crippen LogP contribution in [0.5, 0.6) is 5.75 Å². The van der Waals surface area contributed by atoms with E-state index in [0.29, 0.717) is 26.5 Å². The van der Waals surface area contributed by atoms with Gasteiger partial charge < -0.3 is 9.52 Å². The van der Waals surface area contributed by atoms with Gasteiger partial charge in [-0.15, -0.1) is 0 Å². The van der Waals surface area contributed by atoms with Crippen LogP contribution >= 0.6 is 34.8 Å². The third kappa shape index (κ3) is 4.33. The van der Waals surface area contributed by atoms with Crippen molar-refractivity contribution in [1.82, 2.24) is 0 Å². The average Bonchev–Trinajstić information content (AvgIpc) is 3.06. The van der Waals surface area contributed by atoms with Gasteiger partial charge >= 0.3 is 0 Å². The number of non-ortho nitro benzene ring substituents is 1. The van der Waals surface area contributed by atoms with Crippen molar-refractivity contribution >= 4 is 52.4 Å². The summed E-state index contributed by atoms with van der Waals surface area (Å²) in [5, 5.41) is 25.8. The topological polar surface area (TPSA) is 101 Å². The fourth-order valence-electron chi connectivity index (χ4n) is 2.21. The van der Waals surface area contributed by atoms with Gasteiger partial charge in [-0.2, -0.15) is 5.10 Å². The quantitative estimate of drug-likeness (QED) is 0.297. The predicted octanol–water partition coefficient (Wildman–Crippen LogP) is 5.97. The molecule has 0 aliphatic heterocycles. The van der Waals surface area contributed by atoms with Gasteiger partial charge in [0.05, 0.1) is 32.4 Å². The second-order valence-corrected chi connectivity index (χ2v) is 6.53. The smallest absolute Gasteiger partial charge is 0.270 e. The lowest BCUT2D eigenvalue weighted by atomic mass is 10.1. The van der Waals surface area contributed by atoms with E-state index in [9.17, 15) is 15.2 Å². The summed E-state index contributed by atoms with van der Waals surface area (Å²) in [7, 11) is 0. The number of phenolic OH excluding ortho intramolecular Hbond substituents is 1. The first-order valence-electron chi connectivity index (χ1n) is 7.36. The number of halogens is 3. The number of aromatic hydroxyl groups is 1. The zero-order chi connectivity index (χ0) is 19.6. The molecule has 0 saturated carbocycles. The zero-order valence-electron chi connectivity index (χ0n) is 13.3. The summed E-state index contributed by atoms with van der Waals surface area (Å²) in [5.74, 6) is 0.445. The van der Waals surface area contributed by atoms with Crippen LogP contribution in [-0.2, 0) is 0 Å². The molecule has 1 aromatic heterocycles. The van der Waals surface area contributed by atoms with Gasteiger partial charge in [0.15, 0.2) is 0 Å². The van der Waals surface area contributed by atoms with Gasteiger partial charge in [-0.1, -0.05) is 34.8 Å². The van der Waals surface area contributed by atoms with Crippen molar-refractivity contribution in [2.45, 2.75) is 0 Å². The maximum atomic E-state index is 10.9. The number of benzene rings is 2. The Hall–Kier alpha value is -2.74. The molecule has 0 aliphatic rings. The Bertz CT molecular complexity index is 1030. The molecule has 7 nitrogen and oxygen atoms in total. The summed E-state index contributed by atoms with van der Waals surface area (Å²) in [5.41, 5.74) is 3.10. The predicted molar refractivity (Wildman–Crippen MR) is 105 cm³/mol. The zero-order valence-corrected chi connectivity index (χ0v) is 15.6. The van der Waals surface area contributed by atoms with Gasteiger partial charge in [-0.05, 0) is 30.3 Å². The third-order valence-electron chi connectivity index (χ3n) is 3.46. The van der Waals surface area contributed by atoms with Crippen LogP contribution in [0.1, 0.15) is 5.76 Å². The molecule has 0 fully saturated rings. The van der Waals surface area contributed by atoms with E-state index in [4.69, 9.17) is 39.2 Å². The summed E-state index contributed by atoms with van der Waals surface area (Å²) in [6, 6.07) is 9.84. The molecule has 0 aliphatic carbocycles. The second kappa shape index (κ2) is 7.87. The van der Waals surface area contributed by atoms with Gasteiger partial charge in [0, 0.05) is 17.2 Å². The van der Waals surface area contributed by atoms with Gasteiger partial charge in [0.2, 0.25) is 0 Å².